The van der Waals surface area contributed by atoms with Gasteiger partial charge >= 0.3 is 11.9 Å². The SMILES string of the molecule is NCCCCN(Cc1nc2ccccc2[nH]1)C(=O)c1ccc2c(c1)C[NH2+]C(=O)C(CC(=O)O)N2. The number of hydrogen-bond acceptors (Lipinski definition) is 6. The fraction of sp³-hybridized carbons (Fsp3) is 0.333. The Morgan fingerprint density at radius 1 is 1.21 bits per heavy atom. The van der Waals surface area contributed by atoms with E-state index >= 15 is 0 Å². The van der Waals surface area contributed by atoms with Crippen LogP contribution in [0.1, 0.15) is 41.0 Å². The molecule has 0 fully saturated rings. The number of nitrogens with one attached hydrogen (secondary N) is 2. The number of carbonyl (C=O) groups is 3. The quantitative estimate of drug-likeness (QED) is 0.292. The van der Waals surface area contributed by atoms with Crippen molar-refractivity contribution in [2.45, 2.75) is 38.4 Å². The van der Waals surface area contributed by atoms with E-state index in [1.54, 1.807) is 23.1 Å². The molecule has 1 unspecified atom stereocenters. The van der Waals surface area contributed by atoms with Crippen LogP contribution in [0, 0.1) is 0 Å². The monoisotopic (exact) mass is 465 g/mol. The number of aromatic amines is 1. The molecule has 0 aliphatic carbocycles. The third-order valence-electron chi connectivity index (χ3n) is 5.88. The lowest BCUT2D eigenvalue weighted by molar-refractivity contribution is -0.584. The van der Waals surface area contributed by atoms with E-state index in [2.05, 4.69) is 15.3 Å². The maximum atomic E-state index is 13.5. The Kier molecular flexibility index (Phi) is 7.19. The Hall–Kier alpha value is -3.76. The summed E-state index contributed by atoms with van der Waals surface area (Å²) in [5.41, 5.74) is 9.36. The minimum absolute atomic E-state index is 0.141. The smallest absolute Gasteiger partial charge is 0.333 e. The number of quaternary nitrogens is 1. The van der Waals surface area contributed by atoms with E-state index < -0.39 is 12.0 Å². The van der Waals surface area contributed by atoms with Crippen molar-refractivity contribution in [1.82, 2.24) is 14.9 Å². The number of nitrogens with two attached hydrogens (primary N) is 2. The Bertz CT molecular complexity index is 1170. The molecule has 3 aromatic rings. The number of rotatable bonds is 9. The molecule has 178 valence electrons. The van der Waals surface area contributed by atoms with Crippen LogP contribution in [0.25, 0.3) is 11.0 Å². The van der Waals surface area contributed by atoms with Gasteiger partial charge in [-0.05, 0) is 49.7 Å². The topological polar surface area (TPSA) is 158 Å². The van der Waals surface area contributed by atoms with Crippen LogP contribution in [-0.2, 0) is 22.7 Å². The van der Waals surface area contributed by atoms with Gasteiger partial charge in [0.2, 0.25) is 0 Å². The number of amides is 2. The van der Waals surface area contributed by atoms with Crippen LogP contribution in [0.3, 0.4) is 0 Å². The Morgan fingerprint density at radius 2 is 2.03 bits per heavy atom. The van der Waals surface area contributed by atoms with Crippen LogP contribution in [-0.4, -0.2) is 56.9 Å². The summed E-state index contributed by atoms with van der Waals surface area (Å²) in [6.45, 7) is 1.75. The predicted octanol–water partition coefficient (Wildman–Crippen LogP) is 0.803. The van der Waals surface area contributed by atoms with E-state index in [1.165, 1.54) is 5.32 Å². The van der Waals surface area contributed by atoms with Gasteiger partial charge in [-0.25, -0.2) is 9.78 Å². The van der Waals surface area contributed by atoms with E-state index in [0.717, 1.165) is 29.4 Å². The second kappa shape index (κ2) is 10.4. The van der Waals surface area contributed by atoms with Crippen LogP contribution >= 0.6 is 0 Å². The van der Waals surface area contributed by atoms with Crippen molar-refractivity contribution in [3.8, 4) is 0 Å². The minimum Gasteiger partial charge on any atom is -0.481 e. The van der Waals surface area contributed by atoms with E-state index in [-0.39, 0.29) is 18.2 Å². The van der Waals surface area contributed by atoms with Crippen LogP contribution in [0.4, 0.5) is 5.69 Å². The number of imidazole rings is 1. The molecular formula is C24H29N6O4+. The summed E-state index contributed by atoms with van der Waals surface area (Å²) in [6.07, 6.45) is 1.27. The zero-order valence-corrected chi connectivity index (χ0v) is 18.8. The molecule has 7 N–H and O–H groups in total. The molecule has 0 spiro atoms. The number of H-pyrrole nitrogens is 1. The lowest BCUT2D eigenvalue weighted by Crippen LogP contribution is -2.88. The van der Waals surface area contributed by atoms with Gasteiger partial charge in [0, 0.05) is 23.4 Å². The number of anilines is 1. The van der Waals surface area contributed by atoms with Gasteiger partial charge in [-0.15, -0.1) is 0 Å². The number of carboxylic acids is 1. The molecule has 4 rings (SSSR count). The second-order valence-electron chi connectivity index (χ2n) is 8.40. The fourth-order valence-electron chi connectivity index (χ4n) is 4.12. The number of para-hydroxylation sites is 2. The molecule has 10 heteroatoms. The number of primary amides is 1. The van der Waals surface area contributed by atoms with Crippen LogP contribution < -0.4 is 16.4 Å². The van der Waals surface area contributed by atoms with E-state index in [1.807, 2.05) is 24.3 Å². The Labute approximate surface area is 196 Å². The van der Waals surface area contributed by atoms with Gasteiger partial charge in [-0.2, -0.15) is 0 Å². The van der Waals surface area contributed by atoms with Crippen molar-refractivity contribution in [1.29, 1.82) is 0 Å². The zero-order chi connectivity index (χ0) is 24.1. The van der Waals surface area contributed by atoms with Crippen molar-refractivity contribution in [3.05, 3.63) is 59.4 Å². The summed E-state index contributed by atoms with van der Waals surface area (Å²) in [5, 5.41) is 13.6. The van der Waals surface area contributed by atoms with Crippen LogP contribution in [0.15, 0.2) is 42.5 Å². The minimum atomic E-state index is -1.05. The predicted molar refractivity (Wildman–Crippen MR) is 126 cm³/mol. The Morgan fingerprint density at radius 3 is 2.79 bits per heavy atom. The largest absolute Gasteiger partial charge is 0.481 e. The Balaban J connectivity index is 1.56. The molecule has 0 saturated heterocycles. The molecule has 0 radical (unpaired) electrons. The molecule has 1 aliphatic heterocycles. The van der Waals surface area contributed by atoms with Crippen molar-refractivity contribution >= 4 is 34.5 Å². The molecular weight excluding hydrogens is 436 g/mol. The number of hydrogen-bond donors (Lipinski definition) is 5. The van der Waals surface area contributed by atoms with Gasteiger partial charge in [0.1, 0.15) is 12.4 Å². The number of aromatic nitrogens is 2. The van der Waals surface area contributed by atoms with E-state index in [0.29, 0.717) is 43.3 Å². The highest BCUT2D eigenvalue weighted by molar-refractivity contribution is 5.95. The number of unbranched alkanes of at least 4 members (excludes halogenated alkanes) is 1. The van der Waals surface area contributed by atoms with Gasteiger partial charge in [0.05, 0.1) is 24.0 Å². The first-order chi connectivity index (χ1) is 16.4. The first kappa shape index (κ1) is 23.4. The van der Waals surface area contributed by atoms with Crippen molar-refractivity contribution in [2.24, 2.45) is 5.73 Å². The third-order valence-corrected chi connectivity index (χ3v) is 5.88. The average Bonchev–Trinajstić information content (AvgIpc) is 3.17. The van der Waals surface area contributed by atoms with Crippen LogP contribution in [0.2, 0.25) is 0 Å². The number of fused-ring (bicyclic) bond motifs is 2. The lowest BCUT2D eigenvalue weighted by Gasteiger charge is -2.22. The number of benzene rings is 2. The highest BCUT2D eigenvalue weighted by Crippen LogP contribution is 2.22. The molecule has 2 amide bonds. The first-order valence-corrected chi connectivity index (χ1v) is 11.4. The summed E-state index contributed by atoms with van der Waals surface area (Å²) in [6, 6.07) is 12.1. The molecule has 0 bridgehead atoms. The number of nitrogens with zero attached hydrogens (tertiary/aromatic N) is 2. The number of aliphatic carboxylic acids is 1. The highest BCUT2D eigenvalue weighted by atomic mass is 16.4. The zero-order valence-electron chi connectivity index (χ0n) is 18.8. The summed E-state index contributed by atoms with van der Waals surface area (Å²) in [5.74, 6) is -0.750. The molecule has 1 atom stereocenters. The maximum Gasteiger partial charge on any atom is 0.333 e. The standard InChI is InChI=1S/C24H28N6O4/c25-9-3-4-10-30(14-21-28-18-5-1-2-6-19(18)29-21)24(34)15-7-8-17-16(11-15)13-26-23(33)20(27-17)12-22(31)32/h1-2,5-8,11,20,27H,3-4,9-10,12-14,25H2,(H,26,33)(H,28,29)(H,31,32)/p+1. The maximum absolute atomic E-state index is 13.5. The summed E-state index contributed by atoms with van der Waals surface area (Å²) < 4.78 is 0. The molecule has 2 aromatic carbocycles. The van der Waals surface area contributed by atoms with Crippen LogP contribution in [0.5, 0.6) is 0 Å². The highest BCUT2D eigenvalue weighted by Gasteiger charge is 2.29. The normalized spacial score (nSPS) is 15.4. The lowest BCUT2D eigenvalue weighted by atomic mass is 10.1. The summed E-state index contributed by atoms with van der Waals surface area (Å²) in [4.78, 5) is 46.5. The molecule has 2 heterocycles. The van der Waals surface area contributed by atoms with Gasteiger partial charge in [0.15, 0.2) is 6.04 Å². The number of carboxylic acid groups (broad SMARTS) is 1. The van der Waals surface area contributed by atoms with E-state index in [4.69, 9.17) is 10.8 Å². The molecule has 1 aromatic heterocycles. The summed E-state index contributed by atoms with van der Waals surface area (Å²) >= 11 is 0. The van der Waals surface area contributed by atoms with Gasteiger partial charge in [-0.3, -0.25) is 14.9 Å². The van der Waals surface area contributed by atoms with Gasteiger partial charge < -0.3 is 26.0 Å². The van der Waals surface area contributed by atoms with Crippen molar-refractivity contribution < 1.29 is 24.8 Å². The fourth-order valence-corrected chi connectivity index (χ4v) is 4.12. The average molecular weight is 466 g/mol. The molecule has 1 aliphatic rings. The third kappa shape index (κ3) is 5.41. The molecule has 0 saturated carbocycles. The second-order valence-corrected chi connectivity index (χ2v) is 8.40. The van der Waals surface area contributed by atoms with Crippen molar-refractivity contribution in [2.75, 3.05) is 18.4 Å². The van der Waals surface area contributed by atoms with Gasteiger partial charge in [0.25, 0.3) is 5.91 Å². The summed E-state index contributed by atoms with van der Waals surface area (Å²) in [7, 11) is 0. The van der Waals surface area contributed by atoms with Crippen molar-refractivity contribution in [3.63, 3.8) is 0 Å². The van der Waals surface area contributed by atoms with Gasteiger partial charge in [-0.1, -0.05) is 12.1 Å². The molecule has 10 nitrogen and oxygen atoms in total. The molecule has 34 heavy (non-hydrogen) atoms. The number of carbonyl (C=O) groups excluding carboxylic acids is 2. The van der Waals surface area contributed by atoms with E-state index in [9.17, 15) is 14.4 Å². The first-order valence-electron chi connectivity index (χ1n) is 11.4.